The summed E-state index contributed by atoms with van der Waals surface area (Å²) in [5.41, 5.74) is 6.17. The minimum atomic E-state index is -3.91. The van der Waals surface area contributed by atoms with Crippen LogP contribution in [0.2, 0.25) is 0 Å². The lowest BCUT2D eigenvalue weighted by Gasteiger charge is -2.35. The normalized spacial score (nSPS) is 22.4. The molecule has 0 saturated carbocycles. The summed E-state index contributed by atoms with van der Waals surface area (Å²) < 4.78 is 26.2. The predicted molar refractivity (Wildman–Crippen MR) is 92.7 cm³/mol. The van der Waals surface area contributed by atoms with Crippen LogP contribution in [-0.4, -0.2) is 54.6 Å². The number of sulfonamides is 1. The molecule has 3 rings (SSSR count). The molecule has 25 heavy (non-hydrogen) atoms. The molecule has 0 aromatic heterocycles. The third-order valence-corrected chi connectivity index (χ3v) is 6.82. The molecule has 1 atom stereocenters. The van der Waals surface area contributed by atoms with Crippen molar-refractivity contribution in [1.82, 2.24) is 9.21 Å². The van der Waals surface area contributed by atoms with Gasteiger partial charge in [0, 0.05) is 30.7 Å². The number of carbonyl (C=O) groups is 2. The van der Waals surface area contributed by atoms with Crippen molar-refractivity contribution in [1.29, 1.82) is 0 Å². The highest BCUT2D eigenvalue weighted by Gasteiger charge is 2.43. The van der Waals surface area contributed by atoms with Crippen molar-refractivity contribution in [3.8, 4) is 0 Å². The molecule has 0 bridgehead atoms. The zero-order valence-electron chi connectivity index (χ0n) is 14.4. The van der Waals surface area contributed by atoms with Crippen molar-refractivity contribution in [2.24, 2.45) is 5.73 Å². The number of likely N-dealkylation sites (tertiary alicyclic amines) is 1. The molecule has 136 valence electrons. The van der Waals surface area contributed by atoms with Gasteiger partial charge in [0.1, 0.15) is 4.90 Å². The van der Waals surface area contributed by atoms with Gasteiger partial charge in [-0.2, -0.15) is 0 Å². The van der Waals surface area contributed by atoms with Crippen molar-refractivity contribution in [3.63, 3.8) is 0 Å². The van der Waals surface area contributed by atoms with Crippen LogP contribution >= 0.6 is 0 Å². The van der Waals surface area contributed by atoms with Gasteiger partial charge in [0.15, 0.2) is 0 Å². The predicted octanol–water partition coefficient (Wildman–Crippen LogP) is 1.19. The number of amides is 2. The van der Waals surface area contributed by atoms with E-state index in [4.69, 9.17) is 5.73 Å². The molecule has 8 heteroatoms. The lowest BCUT2D eigenvalue weighted by molar-refractivity contribution is 0.0622. The Morgan fingerprint density at radius 3 is 2.68 bits per heavy atom. The number of piperidine rings is 1. The van der Waals surface area contributed by atoms with Gasteiger partial charge in [-0.3, -0.25) is 9.59 Å². The third-order valence-electron chi connectivity index (χ3n) is 4.83. The van der Waals surface area contributed by atoms with Gasteiger partial charge in [0.25, 0.3) is 21.8 Å². The molecule has 1 unspecified atom stereocenters. The van der Waals surface area contributed by atoms with Crippen LogP contribution in [0.5, 0.6) is 0 Å². The molecule has 2 heterocycles. The summed E-state index contributed by atoms with van der Waals surface area (Å²) in [6, 6.07) is 3.79. The van der Waals surface area contributed by atoms with E-state index in [9.17, 15) is 18.0 Å². The highest BCUT2D eigenvalue weighted by atomic mass is 32.2. The quantitative estimate of drug-likeness (QED) is 0.867. The van der Waals surface area contributed by atoms with Crippen LogP contribution in [0.4, 0.5) is 0 Å². The lowest BCUT2D eigenvalue weighted by Crippen LogP contribution is -2.47. The van der Waals surface area contributed by atoms with Gasteiger partial charge in [0.2, 0.25) is 0 Å². The maximum Gasteiger partial charge on any atom is 0.269 e. The Hall–Kier alpha value is -1.93. The molecule has 2 N–H and O–H groups in total. The second-order valence-corrected chi connectivity index (χ2v) is 8.58. The average molecular weight is 365 g/mol. The highest BCUT2D eigenvalue weighted by Crippen LogP contribution is 2.33. The maximum absolute atomic E-state index is 12.9. The van der Waals surface area contributed by atoms with Gasteiger partial charge in [-0.15, -0.1) is 0 Å². The summed E-state index contributed by atoms with van der Waals surface area (Å²) in [6.07, 6.45) is 2.79. The topological polar surface area (TPSA) is 101 Å². The molecule has 1 aromatic carbocycles. The summed E-state index contributed by atoms with van der Waals surface area (Å²) in [5, 5.41) is 0. The third kappa shape index (κ3) is 2.83. The summed E-state index contributed by atoms with van der Waals surface area (Å²) in [5.74, 6) is -0.773. The first-order chi connectivity index (χ1) is 11.8. The van der Waals surface area contributed by atoms with Crippen molar-refractivity contribution in [3.05, 3.63) is 29.3 Å². The van der Waals surface area contributed by atoms with Crippen LogP contribution in [0.1, 0.15) is 53.8 Å². The van der Waals surface area contributed by atoms with E-state index in [1.54, 1.807) is 18.7 Å². The number of carbonyl (C=O) groups excluding carboxylic acids is 2. The van der Waals surface area contributed by atoms with Crippen molar-refractivity contribution in [2.45, 2.75) is 50.1 Å². The Labute approximate surface area is 147 Å². The Morgan fingerprint density at radius 1 is 1.32 bits per heavy atom. The molecule has 1 aromatic rings. The maximum atomic E-state index is 12.9. The SMILES string of the molecule is CC(C)N1C(=O)c2ccc(C(=O)N3CCCCC3CN)cc2S1(=O)=O. The van der Waals surface area contributed by atoms with Crippen LogP contribution in [-0.2, 0) is 10.0 Å². The monoisotopic (exact) mass is 365 g/mol. The molecule has 1 saturated heterocycles. The van der Waals surface area contributed by atoms with Crippen LogP contribution < -0.4 is 5.73 Å². The summed E-state index contributed by atoms with van der Waals surface area (Å²) >= 11 is 0. The van der Waals surface area contributed by atoms with E-state index in [0.717, 1.165) is 23.6 Å². The number of hydrogen-bond acceptors (Lipinski definition) is 5. The van der Waals surface area contributed by atoms with E-state index >= 15 is 0 Å². The minimum absolute atomic E-state index is 0.0279. The number of rotatable bonds is 3. The number of fused-ring (bicyclic) bond motifs is 1. The van der Waals surface area contributed by atoms with E-state index < -0.39 is 22.0 Å². The number of nitrogens with zero attached hydrogens (tertiary/aromatic N) is 2. The second kappa shape index (κ2) is 6.42. The van der Waals surface area contributed by atoms with Gasteiger partial charge < -0.3 is 10.6 Å². The first kappa shape index (κ1) is 17.9. The molecule has 2 aliphatic heterocycles. The fourth-order valence-electron chi connectivity index (χ4n) is 3.57. The summed E-state index contributed by atoms with van der Waals surface area (Å²) in [6.45, 7) is 4.29. The lowest BCUT2D eigenvalue weighted by atomic mass is 10.0. The van der Waals surface area contributed by atoms with Gasteiger partial charge in [-0.25, -0.2) is 12.7 Å². The van der Waals surface area contributed by atoms with Crippen LogP contribution in [0.3, 0.4) is 0 Å². The van der Waals surface area contributed by atoms with Gasteiger partial charge >= 0.3 is 0 Å². The van der Waals surface area contributed by atoms with E-state index in [-0.39, 0.29) is 28.0 Å². The standard InChI is InChI=1S/C17H23N3O4S/c1-11(2)20-17(22)14-7-6-12(9-15(14)25(20,23)24)16(21)19-8-4-3-5-13(19)10-18/h6-7,9,11,13H,3-5,8,10,18H2,1-2H3. The molecular formula is C17H23N3O4S. The first-order valence-electron chi connectivity index (χ1n) is 8.53. The van der Waals surface area contributed by atoms with Crippen LogP contribution in [0.25, 0.3) is 0 Å². The summed E-state index contributed by atoms with van der Waals surface area (Å²) in [4.78, 5) is 26.9. The van der Waals surface area contributed by atoms with E-state index in [1.807, 2.05) is 0 Å². The number of hydrogen-bond donors (Lipinski definition) is 1. The molecule has 2 aliphatic rings. The van der Waals surface area contributed by atoms with Crippen LogP contribution in [0.15, 0.2) is 23.1 Å². The van der Waals surface area contributed by atoms with E-state index in [2.05, 4.69) is 0 Å². The average Bonchev–Trinajstić information content (AvgIpc) is 2.79. The summed E-state index contributed by atoms with van der Waals surface area (Å²) in [7, 11) is -3.91. The Morgan fingerprint density at radius 2 is 2.04 bits per heavy atom. The molecule has 2 amide bonds. The van der Waals surface area contributed by atoms with Crippen LogP contribution in [0, 0.1) is 0 Å². The van der Waals surface area contributed by atoms with Gasteiger partial charge in [-0.05, 0) is 51.3 Å². The fraction of sp³-hybridized carbons (Fsp3) is 0.529. The molecule has 7 nitrogen and oxygen atoms in total. The Kier molecular flexibility index (Phi) is 4.59. The first-order valence-corrected chi connectivity index (χ1v) is 9.97. The molecule has 0 spiro atoms. The second-order valence-electron chi connectivity index (χ2n) is 6.79. The van der Waals surface area contributed by atoms with Crippen molar-refractivity contribution in [2.75, 3.05) is 13.1 Å². The molecule has 0 radical (unpaired) electrons. The Bertz CT molecular complexity index is 819. The largest absolute Gasteiger partial charge is 0.334 e. The zero-order valence-corrected chi connectivity index (χ0v) is 15.3. The van der Waals surface area contributed by atoms with E-state index in [0.29, 0.717) is 13.1 Å². The van der Waals surface area contributed by atoms with E-state index in [1.165, 1.54) is 18.2 Å². The van der Waals surface area contributed by atoms with Crippen molar-refractivity contribution >= 4 is 21.8 Å². The van der Waals surface area contributed by atoms with Gasteiger partial charge in [0.05, 0.1) is 5.56 Å². The fourth-order valence-corrected chi connectivity index (χ4v) is 5.36. The van der Waals surface area contributed by atoms with Gasteiger partial charge in [-0.1, -0.05) is 0 Å². The van der Waals surface area contributed by atoms with Crippen molar-refractivity contribution < 1.29 is 18.0 Å². The zero-order chi connectivity index (χ0) is 18.4. The molecular weight excluding hydrogens is 342 g/mol. The number of nitrogens with two attached hydrogens (primary N) is 1. The number of benzene rings is 1. The Balaban J connectivity index is 1.99. The molecule has 0 aliphatic carbocycles. The smallest absolute Gasteiger partial charge is 0.269 e. The minimum Gasteiger partial charge on any atom is -0.334 e. The highest BCUT2D eigenvalue weighted by molar-refractivity contribution is 7.90. The molecule has 1 fully saturated rings.